The van der Waals surface area contributed by atoms with Gasteiger partial charge in [-0.1, -0.05) is 99.1 Å². The minimum Gasteiger partial charge on any atom is -0.298 e. The standard InChI is InChI=1S/C33H31NO3/c1-4-20-33-26(23-17-10-7-11-18-23)25(22-15-8-6-9-16-22)32(3,31(33)37)27-28(33)30(36)34(29(27)35)24-19-13-12-14-21(24)5-2/h6-19,27-28H,4-5,20H2,1-3H3/t27-,28+,32-,33+/m0/s1. The van der Waals surface area contributed by atoms with E-state index in [-0.39, 0.29) is 17.6 Å². The van der Waals surface area contributed by atoms with Gasteiger partial charge in [-0.15, -0.1) is 0 Å². The van der Waals surface area contributed by atoms with E-state index in [4.69, 9.17) is 0 Å². The summed E-state index contributed by atoms with van der Waals surface area (Å²) in [5.74, 6) is -1.87. The number of imide groups is 1. The summed E-state index contributed by atoms with van der Waals surface area (Å²) >= 11 is 0. The van der Waals surface area contributed by atoms with Gasteiger partial charge in [0.2, 0.25) is 11.8 Å². The van der Waals surface area contributed by atoms with Crippen molar-refractivity contribution in [3.8, 4) is 0 Å². The Kier molecular flexibility index (Phi) is 5.34. The number of carbonyl (C=O) groups is 3. The number of hydrogen-bond acceptors (Lipinski definition) is 3. The summed E-state index contributed by atoms with van der Waals surface area (Å²) < 4.78 is 0. The number of amides is 2. The van der Waals surface area contributed by atoms with Crippen LogP contribution in [-0.4, -0.2) is 17.6 Å². The molecule has 37 heavy (non-hydrogen) atoms. The Morgan fingerprint density at radius 2 is 1.24 bits per heavy atom. The molecule has 1 saturated heterocycles. The minimum atomic E-state index is -1.09. The van der Waals surface area contributed by atoms with Gasteiger partial charge in [-0.25, -0.2) is 4.90 Å². The Bertz CT molecular complexity index is 1460. The number of hydrogen-bond donors (Lipinski definition) is 0. The molecule has 1 aliphatic heterocycles. The lowest BCUT2D eigenvalue weighted by atomic mass is 9.61. The van der Waals surface area contributed by atoms with Crippen LogP contribution >= 0.6 is 0 Å². The van der Waals surface area contributed by atoms with Crippen molar-refractivity contribution in [2.24, 2.45) is 22.7 Å². The van der Waals surface area contributed by atoms with Gasteiger partial charge in [0.15, 0.2) is 5.78 Å². The molecule has 0 unspecified atom stereocenters. The quantitative estimate of drug-likeness (QED) is 0.379. The minimum absolute atomic E-state index is 0.0275. The van der Waals surface area contributed by atoms with Crippen LogP contribution in [0.1, 0.15) is 50.3 Å². The number of aryl methyl sites for hydroxylation is 1. The van der Waals surface area contributed by atoms with Crippen LogP contribution in [0, 0.1) is 22.7 Å². The molecule has 6 rings (SSSR count). The molecule has 4 atom stereocenters. The largest absolute Gasteiger partial charge is 0.298 e. The first-order valence-electron chi connectivity index (χ1n) is 13.3. The van der Waals surface area contributed by atoms with Gasteiger partial charge in [0.05, 0.1) is 28.4 Å². The van der Waals surface area contributed by atoms with Crippen LogP contribution in [-0.2, 0) is 20.8 Å². The molecule has 0 N–H and O–H groups in total. The van der Waals surface area contributed by atoms with Gasteiger partial charge in [0.1, 0.15) is 0 Å². The van der Waals surface area contributed by atoms with Gasteiger partial charge in [-0.2, -0.15) is 0 Å². The molecule has 4 nitrogen and oxygen atoms in total. The Balaban J connectivity index is 1.66. The monoisotopic (exact) mass is 489 g/mol. The van der Waals surface area contributed by atoms with E-state index in [0.717, 1.165) is 34.3 Å². The molecule has 2 amide bonds. The van der Waals surface area contributed by atoms with Gasteiger partial charge in [0.25, 0.3) is 0 Å². The predicted molar refractivity (Wildman–Crippen MR) is 145 cm³/mol. The molecule has 2 aliphatic carbocycles. The van der Waals surface area contributed by atoms with Crippen molar-refractivity contribution in [3.63, 3.8) is 0 Å². The lowest BCUT2D eigenvalue weighted by molar-refractivity contribution is -0.134. The summed E-state index contributed by atoms with van der Waals surface area (Å²) in [6.45, 7) is 6.00. The molecular formula is C33H31NO3. The van der Waals surface area contributed by atoms with Gasteiger partial charge in [-0.05, 0) is 53.7 Å². The Labute approximate surface area is 218 Å². The van der Waals surface area contributed by atoms with Crippen molar-refractivity contribution >= 4 is 34.4 Å². The van der Waals surface area contributed by atoms with Crippen LogP contribution < -0.4 is 4.90 Å². The van der Waals surface area contributed by atoms with E-state index in [9.17, 15) is 14.4 Å². The van der Waals surface area contributed by atoms with E-state index in [1.165, 1.54) is 4.90 Å². The third-order valence-electron chi connectivity index (χ3n) is 8.93. The van der Waals surface area contributed by atoms with Crippen LogP contribution in [0.15, 0.2) is 84.9 Å². The van der Waals surface area contributed by atoms with Crippen LogP contribution in [0.3, 0.4) is 0 Å². The van der Waals surface area contributed by atoms with E-state index < -0.39 is 22.7 Å². The average molecular weight is 490 g/mol. The SMILES string of the molecule is CCC[C@@]12C(=O)[C@@](C)(C(c3ccccc3)=C1c1ccccc1)[C@@H]1C(=O)N(c3ccccc3CC)C(=O)[C@@H]12. The van der Waals surface area contributed by atoms with Crippen molar-refractivity contribution in [2.75, 3.05) is 4.90 Å². The molecule has 3 aromatic carbocycles. The molecule has 3 aromatic rings. The normalized spacial score (nSPS) is 28.4. The maximum Gasteiger partial charge on any atom is 0.239 e. The number of carbonyl (C=O) groups excluding carboxylic acids is 3. The maximum absolute atomic E-state index is 14.7. The van der Waals surface area contributed by atoms with E-state index in [0.29, 0.717) is 18.5 Å². The highest BCUT2D eigenvalue weighted by Gasteiger charge is 2.80. The molecule has 2 fully saturated rings. The summed E-state index contributed by atoms with van der Waals surface area (Å²) in [6.07, 6.45) is 1.98. The highest BCUT2D eigenvalue weighted by Crippen LogP contribution is 2.75. The third kappa shape index (κ3) is 2.87. The first-order chi connectivity index (χ1) is 17.9. The van der Waals surface area contributed by atoms with Crippen molar-refractivity contribution in [1.82, 2.24) is 0 Å². The number of Topliss-reactive ketones (excluding diaryl/α,β-unsaturated/α-hetero) is 1. The third-order valence-corrected chi connectivity index (χ3v) is 8.93. The number of para-hydroxylation sites is 1. The number of rotatable bonds is 6. The van der Waals surface area contributed by atoms with E-state index >= 15 is 0 Å². The summed E-state index contributed by atoms with van der Waals surface area (Å²) in [5, 5.41) is 0. The highest BCUT2D eigenvalue weighted by atomic mass is 16.2. The Morgan fingerprint density at radius 1 is 0.703 bits per heavy atom. The molecular weight excluding hydrogens is 458 g/mol. The average Bonchev–Trinajstić information content (AvgIpc) is 3.39. The lowest BCUT2D eigenvalue weighted by Crippen LogP contribution is -2.41. The van der Waals surface area contributed by atoms with Crippen LogP contribution in [0.4, 0.5) is 5.69 Å². The first-order valence-corrected chi connectivity index (χ1v) is 13.3. The molecule has 0 spiro atoms. The van der Waals surface area contributed by atoms with Crippen molar-refractivity contribution < 1.29 is 14.4 Å². The van der Waals surface area contributed by atoms with Gasteiger partial charge >= 0.3 is 0 Å². The number of benzene rings is 3. The van der Waals surface area contributed by atoms with E-state index in [1.54, 1.807) is 0 Å². The number of nitrogens with zero attached hydrogens (tertiary/aromatic N) is 1. The highest BCUT2D eigenvalue weighted by molar-refractivity contribution is 6.34. The van der Waals surface area contributed by atoms with Crippen LogP contribution in [0.2, 0.25) is 0 Å². The van der Waals surface area contributed by atoms with Gasteiger partial charge < -0.3 is 0 Å². The van der Waals surface area contributed by atoms with Crippen molar-refractivity contribution in [1.29, 1.82) is 0 Å². The summed E-state index contributed by atoms with van der Waals surface area (Å²) in [5.41, 5.74) is 3.22. The zero-order valence-electron chi connectivity index (χ0n) is 21.5. The fourth-order valence-electron chi connectivity index (χ4n) is 7.62. The molecule has 1 saturated carbocycles. The second-order valence-electron chi connectivity index (χ2n) is 10.7. The summed E-state index contributed by atoms with van der Waals surface area (Å²) in [4.78, 5) is 44.8. The van der Waals surface area contributed by atoms with Gasteiger partial charge in [0, 0.05) is 0 Å². The number of fused-ring (bicyclic) bond motifs is 5. The predicted octanol–water partition coefficient (Wildman–Crippen LogP) is 6.35. The zero-order chi connectivity index (χ0) is 25.9. The molecule has 0 radical (unpaired) electrons. The van der Waals surface area contributed by atoms with E-state index in [2.05, 4.69) is 6.92 Å². The summed E-state index contributed by atoms with van der Waals surface area (Å²) in [7, 11) is 0. The van der Waals surface area contributed by atoms with Crippen molar-refractivity contribution in [3.05, 3.63) is 102 Å². The van der Waals surface area contributed by atoms with Crippen molar-refractivity contribution in [2.45, 2.75) is 40.0 Å². The maximum atomic E-state index is 14.7. The molecule has 4 heteroatoms. The topological polar surface area (TPSA) is 54.5 Å². The van der Waals surface area contributed by atoms with Gasteiger partial charge in [-0.3, -0.25) is 14.4 Å². The van der Waals surface area contributed by atoms with Crippen LogP contribution in [0.5, 0.6) is 0 Å². The lowest BCUT2D eigenvalue weighted by Gasteiger charge is -2.37. The first kappa shape index (κ1) is 23.6. The fraction of sp³-hybridized carbons (Fsp3) is 0.303. The Hall–Kier alpha value is -3.79. The van der Waals surface area contributed by atoms with E-state index in [1.807, 2.05) is 98.8 Å². The molecule has 2 bridgehead atoms. The Morgan fingerprint density at radius 3 is 1.84 bits per heavy atom. The number of allylic oxidation sites excluding steroid dienone is 2. The number of anilines is 1. The summed E-state index contributed by atoms with van der Waals surface area (Å²) in [6, 6.07) is 27.6. The molecule has 1 heterocycles. The number of ketones is 1. The molecule has 0 aromatic heterocycles. The fourth-order valence-corrected chi connectivity index (χ4v) is 7.62. The van der Waals surface area contributed by atoms with Crippen LogP contribution in [0.25, 0.3) is 11.1 Å². The second-order valence-corrected chi connectivity index (χ2v) is 10.7. The smallest absolute Gasteiger partial charge is 0.239 e. The molecule has 3 aliphatic rings. The molecule has 186 valence electrons. The zero-order valence-corrected chi connectivity index (χ0v) is 21.5. The second kappa shape index (κ2) is 8.37.